The average Bonchev–Trinajstić information content (AvgIpc) is 3.68. The zero-order valence-corrected chi connectivity index (χ0v) is 25.1. The predicted molar refractivity (Wildman–Crippen MR) is 161 cm³/mol. The van der Waals surface area contributed by atoms with Crippen LogP contribution in [0.2, 0.25) is 4.34 Å². The van der Waals surface area contributed by atoms with Gasteiger partial charge in [-0.15, -0.1) is 11.3 Å². The number of ether oxygens (including phenoxy) is 1. The Bertz CT molecular complexity index is 1540. The Morgan fingerprint density at radius 3 is 2.83 bits per heavy atom. The minimum atomic E-state index is -1.14. The Morgan fingerprint density at radius 1 is 1.24 bits per heavy atom. The zero-order chi connectivity index (χ0) is 29.5. The molecule has 3 aromatic rings. The number of halogens is 2. The van der Waals surface area contributed by atoms with E-state index in [2.05, 4.69) is 20.3 Å². The zero-order valence-electron chi connectivity index (χ0n) is 23.6. The van der Waals surface area contributed by atoms with Crippen LogP contribution in [0.4, 0.5) is 15.9 Å². The average molecular weight is 617 g/mol. The highest BCUT2D eigenvalue weighted by Gasteiger charge is 2.32. The van der Waals surface area contributed by atoms with E-state index in [1.165, 1.54) is 6.33 Å². The lowest BCUT2D eigenvalue weighted by Crippen LogP contribution is -2.48. The Hall–Kier alpha value is -3.42. The van der Waals surface area contributed by atoms with Crippen molar-refractivity contribution in [2.75, 3.05) is 56.9 Å². The molecule has 0 aliphatic carbocycles. The largest absolute Gasteiger partial charge is 0.486 e. The minimum Gasteiger partial charge on any atom is -0.486 e. The van der Waals surface area contributed by atoms with Crippen molar-refractivity contribution in [3.05, 3.63) is 39.4 Å². The summed E-state index contributed by atoms with van der Waals surface area (Å²) in [6.45, 7) is 4.94. The maximum absolute atomic E-state index is 14.7. The quantitative estimate of drug-likeness (QED) is 0.433. The van der Waals surface area contributed by atoms with Gasteiger partial charge in [-0.2, -0.15) is 5.10 Å². The van der Waals surface area contributed by atoms with Crippen LogP contribution in [-0.4, -0.2) is 101 Å². The maximum atomic E-state index is 14.7. The van der Waals surface area contributed by atoms with E-state index >= 15 is 0 Å². The molecule has 3 atom stereocenters. The molecule has 42 heavy (non-hydrogen) atoms. The number of hydrogen-bond donors (Lipinski definition) is 2. The van der Waals surface area contributed by atoms with Crippen molar-refractivity contribution in [3.8, 4) is 5.75 Å². The molecule has 3 aliphatic heterocycles. The van der Waals surface area contributed by atoms with Gasteiger partial charge < -0.3 is 30.5 Å². The number of anilines is 2. The van der Waals surface area contributed by atoms with Gasteiger partial charge in [-0.05, 0) is 37.9 Å². The number of nitrogens with two attached hydrogens (primary N) is 1. The molecule has 3 aromatic heterocycles. The van der Waals surface area contributed by atoms with Crippen LogP contribution in [0.1, 0.15) is 41.6 Å². The van der Waals surface area contributed by atoms with E-state index < -0.39 is 12.3 Å². The molecule has 2 amide bonds. The summed E-state index contributed by atoms with van der Waals surface area (Å²) in [5, 5.41) is 7.63. The summed E-state index contributed by atoms with van der Waals surface area (Å²) in [4.78, 5) is 35.8. The second-order valence-corrected chi connectivity index (χ2v) is 12.9. The molecule has 224 valence electrons. The second kappa shape index (κ2) is 11.7. The third kappa shape index (κ3) is 5.64. The van der Waals surface area contributed by atoms with Gasteiger partial charge in [0.25, 0.3) is 5.91 Å². The lowest BCUT2D eigenvalue weighted by molar-refractivity contribution is -0.127. The highest BCUT2D eigenvalue weighted by Crippen LogP contribution is 2.37. The first-order valence-corrected chi connectivity index (χ1v) is 15.3. The SMILES string of the molecule is CC(=O)N1CC=C(c2cc(N3CCC[C@@H](NC(=O)c4sc(Cl)cc4OC4CCN(C)CC4F)C3)c3c(N)ncnn23)C1. The van der Waals surface area contributed by atoms with E-state index in [0.717, 1.165) is 54.2 Å². The summed E-state index contributed by atoms with van der Waals surface area (Å²) in [7, 11) is 1.88. The van der Waals surface area contributed by atoms with Crippen molar-refractivity contribution in [2.45, 2.75) is 44.5 Å². The van der Waals surface area contributed by atoms with Gasteiger partial charge in [0.15, 0.2) is 5.82 Å². The number of nitrogen functional groups attached to an aromatic ring is 1. The molecule has 0 aromatic carbocycles. The Morgan fingerprint density at radius 2 is 2.07 bits per heavy atom. The molecule has 2 unspecified atom stereocenters. The van der Waals surface area contributed by atoms with Crippen LogP contribution in [0, 0.1) is 0 Å². The number of amides is 2. The molecule has 6 rings (SSSR count). The first kappa shape index (κ1) is 28.7. The van der Waals surface area contributed by atoms with Crippen LogP contribution in [0.15, 0.2) is 24.5 Å². The molecule has 0 bridgehead atoms. The molecule has 14 heteroatoms. The number of carbonyl (C=O) groups excluding carboxylic acids is 2. The molecule has 0 spiro atoms. The van der Waals surface area contributed by atoms with Crippen molar-refractivity contribution in [3.63, 3.8) is 0 Å². The molecule has 3 aliphatic rings. The first-order chi connectivity index (χ1) is 20.2. The standard InChI is InChI=1S/C28H34ClFN8O3S/c1-16(39)36-9-5-17(12-36)20-10-21(25-27(31)32-15-33-38(20)25)37-7-3-4-18(13-37)34-28(40)26-23(11-24(29)42-26)41-22-6-8-35(2)14-19(22)30/h5,10-11,15,18-19,22H,3-4,6-9,12-14H2,1-2H3,(H,34,40)(H2,31,32,33)/t18-,19?,22?/m1/s1. The van der Waals surface area contributed by atoms with E-state index in [9.17, 15) is 14.0 Å². The third-order valence-electron chi connectivity index (χ3n) is 8.19. The molecule has 2 saturated heterocycles. The summed E-state index contributed by atoms with van der Waals surface area (Å²) in [5.41, 5.74) is 9.78. The minimum absolute atomic E-state index is 0.0162. The van der Waals surface area contributed by atoms with Crippen molar-refractivity contribution >= 4 is 57.3 Å². The fourth-order valence-corrected chi connectivity index (χ4v) is 7.04. The van der Waals surface area contributed by atoms with Crippen molar-refractivity contribution in [1.29, 1.82) is 0 Å². The fraction of sp³-hybridized carbons (Fsp3) is 0.500. The van der Waals surface area contributed by atoms with Gasteiger partial charge in [0.2, 0.25) is 5.91 Å². The molecule has 6 heterocycles. The number of fused-ring (bicyclic) bond motifs is 1. The summed E-state index contributed by atoms with van der Waals surface area (Å²) in [6, 6.07) is 3.49. The van der Waals surface area contributed by atoms with E-state index in [1.54, 1.807) is 22.4 Å². The molecule has 3 N–H and O–H groups in total. The molecular weight excluding hydrogens is 583 g/mol. The summed E-state index contributed by atoms with van der Waals surface area (Å²) >= 11 is 7.41. The number of carbonyl (C=O) groups is 2. The molecular formula is C28H34ClFN8O3S. The number of aromatic nitrogens is 3. The number of nitrogens with one attached hydrogen (secondary N) is 1. The number of hydrogen-bond acceptors (Lipinski definition) is 9. The van der Waals surface area contributed by atoms with Crippen LogP contribution in [0.3, 0.4) is 0 Å². The number of nitrogens with zero attached hydrogens (tertiary/aromatic N) is 6. The van der Waals surface area contributed by atoms with Crippen LogP contribution in [-0.2, 0) is 4.79 Å². The summed E-state index contributed by atoms with van der Waals surface area (Å²) in [6.07, 6.45) is 3.87. The van der Waals surface area contributed by atoms with E-state index in [1.807, 2.05) is 24.1 Å². The van der Waals surface area contributed by atoms with E-state index in [4.69, 9.17) is 22.1 Å². The van der Waals surface area contributed by atoms with Crippen molar-refractivity contribution in [2.24, 2.45) is 0 Å². The fourth-order valence-electron chi connectivity index (χ4n) is 5.99. The van der Waals surface area contributed by atoms with Gasteiger partial charge in [-0.3, -0.25) is 9.59 Å². The van der Waals surface area contributed by atoms with Gasteiger partial charge in [0, 0.05) is 58.3 Å². The number of rotatable bonds is 6. The van der Waals surface area contributed by atoms with E-state index in [0.29, 0.717) is 58.9 Å². The number of thiophene rings is 1. The first-order valence-electron chi connectivity index (χ1n) is 14.1. The topological polar surface area (TPSA) is 121 Å². The highest BCUT2D eigenvalue weighted by atomic mass is 35.5. The number of piperidine rings is 2. The summed E-state index contributed by atoms with van der Waals surface area (Å²) in [5.74, 6) is 0.407. The van der Waals surface area contributed by atoms with Crippen molar-refractivity contribution < 1.29 is 18.7 Å². The molecule has 11 nitrogen and oxygen atoms in total. The number of alkyl halides is 1. The van der Waals surface area contributed by atoms with Gasteiger partial charge in [-0.25, -0.2) is 13.9 Å². The predicted octanol–water partition coefficient (Wildman–Crippen LogP) is 3.09. The second-order valence-electron chi connectivity index (χ2n) is 11.2. The highest BCUT2D eigenvalue weighted by molar-refractivity contribution is 7.18. The Balaban J connectivity index is 1.20. The van der Waals surface area contributed by atoms with Crippen LogP contribution in [0.25, 0.3) is 11.1 Å². The van der Waals surface area contributed by atoms with Gasteiger partial charge in [0.05, 0.1) is 15.7 Å². The van der Waals surface area contributed by atoms with Gasteiger partial charge in [-0.1, -0.05) is 17.7 Å². The Kier molecular flexibility index (Phi) is 7.99. The normalized spacial score (nSPS) is 23.3. The van der Waals surface area contributed by atoms with Gasteiger partial charge >= 0.3 is 0 Å². The van der Waals surface area contributed by atoms with E-state index in [-0.39, 0.29) is 17.9 Å². The van der Waals surface area contributed by atoms with Gasteiger partial charge in [0.1, 0.15) is 34.7 Å². The monoisotopic (exact) mass is 616 g/mol. The Labute approximate surface area is 252 Å². The molecule has 2 fully saturated rings. The van der Waals surface area contributed by atoms with Crippen molar-refractivity contribution in [1.82, 2.24) is 29.7 Å². The summed E-state index contributed by atoms with van der Waals surface area (Å²) < 4.78 is 22.8. The lowest BCUT2D eigenvalue weighted by atomic mass is 10.0. The maximum Gasteiger partial charge on any atom is 0.265 e. The van der Waals surface area contributed by atoms with Crippen LogP contribution >= 0.6 is 22.9 Å². The smallest absolute Gasteiger partial charge is 0.265 e. The molecule has 0 saturated carbocycles. The van der Waals surface area contributed by atoms with Crippen LogP contribution in [0.5, 0.6) is 5.75 Å². The lowest BCUT2D eigenvalue weighted by Gasteiger charge is -2.34. The third-order valence-corrected chi connectivity index (χ3v) is 9.43. The van der Waals surface area contributed by atoms with Crippen LogP contribution < -0.4 is 20.7 Å². The molecule has 0 radical (unpaired) electrons. The number of likely N-dealkylation sites (tertiary alicyclic amines) is 1.